The fraction of sp³-hybridized carbons (Fsp3) is 0.300. The molecule has 1 saturated heterocycles. The number of halogens is 2. The predicted octanol–water partition coefficient (Wildman–Crippen LogP) is 2.75. The normalized spacial score (nSPS) is 15.9. The van der Waals surface area contributed by atoms with E-state index in [1.54, 1.807) is 18.2 Å². The monoisotopic (exact) mass is 388 g/mol. The zero-order chi connectivity index (χ0) is 19.1. The molecule has 0 aliphatic carbocycles. The van der Waals surface area contributed by atoms with E-state index in [1.807, 2.05) is 24.3 Å². The highest BCUT2D eigenvalue weighted by Crippen LogP contribution is 2.17. The zero-order valence-corrected chi connectivity index (χ0v) is 15.7. The van der Waals surface area contributed by atoms with Crippen LogP contribution in [0.3, 0.4) is 0 Å². The van der Waals surface area contributed by atoms with Gasteiger partial charge in [-0.2, -0.15) is 5.10 Å². The molecule has 0 radical (unpaired) electrons. The van der Waals surface area contributed by atoms with Gasteiger partial charge in [-0.05, 0) is 17.7 Å². The first-order valence-corrected chi connectivity index (χ1v) is 9.24. The van der Waals surface area contributed by atoms with Gasteiger partial charge in [0, 0.05) is 43.3 Å². The van der Waals surface area contributed by atoms with Crippen molar-refractivity contribution in [3.63, 3.8) is 0 Å². The van der Waals surface area contributed by atoms with Gasteiger partial charge >= 0.3 is 0 Å². The maximum absolute atomic E-state index is 13.5. The first-order valence-electron chi connectivity index (χ1n) is 8.86. The molecule has 0 unspecified atom stereocenters. The molecule has 1 heterocycles. The minimum atomic E-state index is -0.370. The van der Waals surface area contributed by atoms with Crippen LogP contribution in [-0.2, 0) is 11.3 Å². The van der Waals surface area contributed by atoms with Gasteiger partial charge in [-0.1, -0.05) is 48.0 Å². The Bertz CT molecular complexity index is 806. The Morgan fingerprint density at radius 3 is 2.48 bits per heavy atom. The fourth-order valence-electron chi connectivity index (χ4n) is 2.97. The number of hydrogen-bond donors (Lipinski definition) is 1. The molecule has 27 heavy (non-hydrogen) atoms. The number of nitrogens with zero attached hydrogens (tertiary/aromatic N) is 3. The third-order valence-electron chi connectivity index (χ3n) is 4.48. The van der Waals surface area contributed by atoms with Gasteiger partial charge in [0.15, 0.2) is 0 Å². The van der Waals surface area contributed by atoms with Crippen LogP contribution in [-0.4, -0.2) is 54.6 Å². The summed E-state index contributed by atoms with van der Waals surface area (Å²) in [4.78, 5) is 16.4. The molecule has 1 aliphatic rings. The SMILES string of the molecule is O=C(CN1CCN(Cc2ccccc2Cl)CC1)NN=Cc1ccccc1F. The Morgan fingerprint density at radius 2 is 1.74 bits per heavy atom. The Hall–Kier alpha value is -2.28. The average molecular weight is 389 g/mol. The summed E-state index contributed by atoms with van der Waals surface area (Å²) in [5, 5.41) is 4.62. The Balaban J connectivity index is 1.40. The number of nitrogens with one attached hydrogen (secondary N) is 1. The van der Waals surface area contributed by atoms with Crippen molar-refractivity contribution in [3.8, 4) is 0 Å². The van der Waals surface area contributed by atoms with E-state index in [0.29, 0.717) is 5.56 Å². The van der Waals surface area contributed by atoms with Gasteiger partial charge in [-0.25, -0.2) is 9.82 Å². The first-order chi connectivity index (χ1) is 13.1. The molecule has 1 amide bonds. The smallest absolute Gasteiger partial charge is 0.254 e. The number of hydrogen-bond acceptors (Lipinski definition) is 4. The summed E-state index contributed by atoms with van der Waals surface area (Å²) in [7, 11) is 0. The van der Waals surface area contributed by atoms with Gasteiger partial charge in [-0.15, -0.1) is 0 Å². The molecule has 1 fully saturated rings. The lowest BCUT2D eigenvalue weighted by Gasteiger charge is -2.34. The highest BCUT2D eigenvalue weighted by molar-refractivity contribution is 6.31. The molecular formula is C20H22ClFN4O. The van der Waals surface area contributed by atoms with Crippen molar-refractivity contribution in [2.45, 2.75) is 6.54 Å². The Labute approximate surface area is 163 Å². The summed E-state index contributed by atoms with van der Waals surface area (Å²) in [5.41, 5.74) is 3.91. The standard InChI is InChI=1S/C20H22ClFN4O/c21-18-7-3-1-6-17(18)14-25-9-11-26(12-10-25)15-20(27)24-23-13-16-5-2-4-8-19(16)22/h1-8,13H,9-12,14-15H2,(H,24,27). The summed E-state index contributed by atoms with van der Waals surface area (Å²) in [6, 6.07) is 14.1. The van der Waals surface area contributed by atoms with Crippen molar-refractivity contribution >= 4 is 23.7 Å². The minimum absolute atomic E-state index is 0.206. The highest BCUT2D eigenvalue weighted by atomic mass is 35.5. The highest BCUT2D eigenvalue weighted by Gasteiger charge is 2.19. The van der Waals surface area contributed by atoms with Gasteiger partial charge in [0.1, 0.15) is 5.82 Å². The fourth-order valence-corrected chi connectivity index (χ4v) is 3.16. The van der Waals surface area contributed by atoms with Crippen LogP contribution in [0.4, 0.5) is 4.39 Å². The summed E-state index contributed by atoms with van der Waals surface area (Å²) in [6.07, 6.45) is 1.31. The number of piperazine rings is 1. The second-order valence-electron chi connectivity index (χ2n) is 6.46. The maximum Gasteiger partial charge on any atom is 0.254 e. The molecule has 1 aliphatic heterocycles. The van der Waals surface area contributed by atoms with E-state index < -0.39 is 0 Å². The molecule has 0 atom stereocenters. The van der Waals surface area contributed by atoms with Crippen LogP contribution in [0.1, 0.15) is 11.1 Å². The maximum atomic E-state index is 13.5. The van der Waals surface area contributed by atoms with Gasteiger partial charge in [0.2, 0.25) is 0 Å². The van der Waals surface area contributed by atoms with Crippen LogP contribution in [0.2, 0.25) is 5.02 Å². The summed E-state index contributed by atoms with van der Waals surface area (Å²) in [5.74, 6) is -0.577. The van der Waals surface area contributed by atoms with E-state index in [9.17, 15) is 9.18 Å². The molecule has 0 aromatic heterocycles. The lowest BCUT2D eigenvalue weighted by Crippen LogP contribution is -2.48. The van der Waals surface area contributed by atoms with E-state index in [4.69, 9.17) is 11.6 Å². The molecule has 0 spiro atoms. The molecule has 7 heteroatoms. The molecule has 5 nitrogen and oxygen atoms in total. The van der Waals surface area contributed by atoms with Crippen LogP contribution in [0, 0.1) is 5.82 Å². The second-order valence-corrected chi connectivity index (χ2v) is 6.87. The van der Waals surface area contributed by atoms with Crippen molar-refractivity contribution < 1.29 is 9.18 Å². The Kier molecular flexibility index (Phi) is 6.92. The van der Waals surface area contributed by atoms with Gasteiger partial charge < -0.3 is 0 Å². The van der Waals surface area contributed by atoms with Crippen molar-refractivity contribution in [1.29, 1.82) is 0 Å². The van der Waals surface area contributed by atoms with Crippen molar-refractivity contribution in [2.24, 2.45) is 5.10 Å². The van der Waals surface area contributed by atoms with Crippen LogP contribution in [0.5, 0.6) is 0 Å². The van der Waals surface area contributed by atoms with E-state index in [1.165, 1.54) is 12.3 Å². The predicted molar refractivity (Wildman–Crippen MR) is 105 cm³/mol. The van der Waals surface area contributed by atoms with Crippen LogP contribution in [0.25, 0.3) is 0 Å². The van der Waals surface area contributed by atoms with E-state index in [-0.39, 0.29) is 18.3 Å². The number of hydrazone groups is 1. The van der Waals surface area contributed by atoms with E-state index in [2.05, 4.69) is 20.3 Å². The molecule has 0 bridgehead atoms. The summed E-state index contributed by atoms with van der Waals surface area (Å²) < 4.78 is 13.5. The number of benzene rings is 2. The van der Waals surface area contributed by atoms with Gasteiger partial charge in [-0.3, -0.25) is 14.6 Å². The minimum Gasteiger partial charge on any atom is -0.296 e. The third-order valence-corrected chi connectivity index (χ3v) is 4.85. The first kappa shape index (κ1) is 19.5. The van der Waals surface area contributed by atoms with E-state index in [0.717, 1.165) is 43.3 Å². The van der Waals surface area contributed by atoms with Crippen LogP contribution in [0.15, 0.2) is 53.6 Å². The molecule has 2 aromatic carbocycles. The Morgan fingerprint density at radius 1 is 1.07 bits per heavy atom. The van der Waals surface area contributed by atoms with Crippen molar-refractivity contribution in [2.75, 3.05) is 32.7 Å². The lowest BCUT2D eigenvalue weighted by atomic mass is 10.2. The van der Waals surface area contributed by atoms with Crippen LogP contribution >= 0.6 is 11.6 Å². The number of carbonyl (C=O) groups excluding carboxylic acids is 1. The van der Waals surface area contributed by atoms with Gasteiger partial charge in [0.05, 0.1) is 12.8 Å². The molecule has 3 rings (SSSR count). The molecule has 0 saturated carbocycles. The topological polar surface area (TPSA) is 47.9 Å². The summed E-state index contributed by atoms with van der Waals surface area (Å²) in [6.45, 7) is 4.43. The zero-order valence-electron chi connectivity index (χ0n) is 14.9. The van der Waals surface area contributed by atoms with Crippen LogP contribution < -0.4 is 5.43 Å². The largest absolute Gasteiger partial charge is 0.296 e. The lowest BCUT2D eigenvalue weighted by molar-refractivity contribution is -0.122. The van der Waals surface area contributed by atoms with E-state index >= 15 is 0 Å². The van der Waals surface area contributed by atoms with Crippen molar-refractivity contribution in [1.82, 2.24) is 15.2 Å². The summed E-state index contributed by atoms with van der Waals surface area (Å²) >= 11 is 6.22. The third kappa shape index (κ3) is 5.85. The number of amides is 1. The molecular weight excluding hydrogens is 367 g/mol. The second kappa shape index (κ2) is 9.60. The number of rotatable bonds is 6. The molecule has 1 N–H and O–H groups in total. The molecule has 142 valence electrons. The number of carbonyl (C=O) groups is 1. The van der Waals surface area contributed by atoms with Crippen molar-refractivity contribution in [3.05, 3.63) is 70.5 Å². The quantitative estimate of drug-likeness (QED) is 0.611. The average Bonchev–Trinajstić information content (AvgIpc) is 2.67. The van der Waals surface area contributed by atoms with Gasteiger partial charge in [0.25, 0.3) is 5.91 Å². The molecule has 2 aromatic rings.